The topological polar surface area (TPSA) is 47.0 Å². The van der Waals surface area contributed by atoms with E-state index in [4.69, 9.17) is 0 Å². The minimum atomic E-state index is -4.15. The molecule has 0 aliphatic heterocycles. The normalized spacial score (nSPS) is 18.9. The monoisotopic (exact) mass is 307 g/mol. The van der Waals surface area contributed by atoms with Crippen LogP contribution < -0.4 is 5.32 Å². The quantitative estimate of drug-likeness (QED) is 0.820. The van der Waals surface area contributed by atoms with Gasteiger partial charge in [-0.3, -0.25) is 0 Å². The van der Waals surface area contributed by atoms with Crippen molar-refractivity contribution in [1.29, 1.82) is 0 Å². The number of fused-ring (bicyclic) bond motifs is 1. The molecule has 8 heteroatoms. The van der Waals surface area contributed by atoms with Crippen LogP contribution in [0.25, 0.3) is 0 Å². The van der Waals surface area contributed by atoms with E-state index in [1.54, 1.807) is 6.20 Å². The minimum Gasteiger partial charge on any atom is -0.367 e. The highest BCUT2D eigenvalue weighted by Crippen LogP contribution is 2.28. The van der Waals surface area contributed by atoms with E-state index < -0.39 is 19.0 Å². The smallest absolute Gasteiger partial charge is 0.330 e. The predicted octanol–water partition coefficient (Wildman–Crippen LogP) is 2.49. The zero-order valence-electron chi connectivity index (χ0n) is 11.6. The van der Waals surface area contributed by atoms with Crippen molar-refractivity contribution in [3.63, 3.8) is 0 Å². The maximum absolute atomic E-state index is 12.7. The molecule has 1 aliphatic rings. The van der Waals surface area contributed by atoms with Crippen LogP contribution in [-0.2, 0) is 17.8 Å². The number of ether oxygens (including phenoxy) is 1. The summed E-state index contributed by atoms with van der Waals surface area (Å²) >= 11 is 0. The predicted molar refractivity (Wildman–Crippen MR) is 67.4 cm³/mol. The number of rotatable bonds is 6. The Morgan fingerprint density at radius 3 is 2.90 bits per heavy atom. The first-order chi connectivity index (χ1) is 9.94. The zero-order valence-corrected chi connectivity index (χ0v) is 11.6. The molecule has 1 aromatic rings. The maximum Gasteiger partial charge on any atom is 0.330 e. The molecule has 0 aromatic carbocycles. The number of alkyl halides is 4. The number of nitrogens with one attached hydrogen (secondary N) is 1. The van der Waals surface area contributed by atoms with Crippen LogP contribution in [0.1, 0.15) is 36.0 Å². The Hall–Kier alpha value is -1.28. The lowest BCUT2D eigenvalue weighted by molar-refractivity contribution is -0.168. The number of hydrogen-bond donors (Lipinski definition) is 1. The Bertz CT molecular complexity index is 484. The second-order valence-corrected chi connectivity index (χ2v) is 4.98. The summed E-state index contributed by atoms with van der Waals surface area (Å²) in [5.41, 5.74) is 1.85. The van der Waals surface area contributed by atoms with Crippen LogP contribution in [0.4, 0.5) is 17.6 Å². The molecule has 1 heterocycles. The van der Waals surface area contributed by atoms with Crippen LogP contribution in [0.5, 0.6) is 0 Å². The van der Waals surface area contributed by atoms with Crippen LogP contribution in [0.2, 0.25) is 0 Å². The molecular weight excluding hydrogens is 290 g/mol. The summed E-state index contributed by atoms with van der Waals surface area (Å²) in [5, 5.41) is 3.16. The molecule has 21 heavy (non-hydrogen) atoms. The minimum absolute atomic E-state index is 0.187. The van der Waals surface area contributed by atoms with E-state index in [1.165, 1.54) is 0 Å². The van der Waals surface area contributed by atoms with Gasteiger partial charge in [0.15, 0.2) is 5.82 Å². The van der Waals surface area contributed by atoms with E-state index in [0.717, 1.165) is 30.5 Å². The second-order valence-electron chi connectivity index (χ2n) is 4.98. The lowest BCUT2D eigenvalue weighted by Crippen LogP contribution is -2.32. The fraction of sp³-hybridized carbons (Fsp3) is 0.692. The first-order valence-corrected chi connectivity index (χ1v) is 6.69. The highest BCUT2D eigenvalue weighted by Gasteiger charge is 2.41. The fourth-order valence-corrected chi connectivity index (χ4v) is 2.30. The van der Waals surface area contributed by atoms with E-state index in [1.807, 2.05) is 7.05 Å². The van der Waals surface area contributed by atoms with Gasteiger partial charge in [-0.2, -0.15) is 8.78 Å². The molecule has 0 radical (unpaired) electrons. The molecule has 1 aliphatic carbocycles. The summed E-state index contributed by atoms with van der Waals surface area (Å²) in [6.45, 7) is -1.65. The van der Waals surface area contributed by atoms with Crippen molar-refractivity contribution in [3.8, 4) is 0 Å². The molecule has 4 nitrogen and oxygen atoms in total. The molecule has 2 rings (SSSR count). The number of aromatic nitrogens is 2. The van der Waals surface area contributed by atoms with Crippen LogP contribution in [0.3, 0.4) is 0 Å². The van der Waals surface area contributed by atoms with Gasteiger partial charge in [-0.05, 0) is 26.3 Å². The van der Waals surface area contributed by atoms with Crippen LogP contribution in [0, 0.1) is 0 Å². The van der Waals surface area contributed by atoms with Crippen molar-refractivity contribution in [2.75, 3.05) is 13.7 Å². The Labute approximate surface area is 119 Å². The van der Waals surface area contributed by atoms with Gasteiger partial charge in [0.25, 0.3) is 0 Å². The lowest BCUT2D eigenvalue weighted by atomic mass is 9.92. The third kappa shape index (κ3) is 3.88. The van der Waals surface area contributed by atoms with Crippen molar-refractivity contribution in [3.05, 3.63) is 23.3 Å². The molecule has 0 amide bonds. The average Bonchev–Trinajstić information content (AvgIpc) is 2.46. The summed E-state index contributed by atoms with van der Waals surface area (Å²) in [6, 6.07) is 0.187. The number of nitrogens with zero attached hydrogens (tertiary/aromatic N) is 2. The van der Waals surface area contributed by atoms with E-state index in [-0.39, 0.29) is 18.5 Å². The third-order valence-electron chi connectivity index (χ3n) is 3.43. The summed E-state index contributed by atoms with van der Waals surface area (Å²) in [6.07, 6.45) is 0.657. The fourth-order valence-electron chi connectivity index (χ4n) is 2.30. The standard InChI is InChI=1S/C13H17F4N3O/c1-18-9-3-2-4-10-8(9)5-19-11(20-10)6-21-7-13(16,17)12(14)15/h5,9,12,18H,2-4,6-7H2,1H3. The van der Waals surface area contributed by atoms with Gasteiger partial charge in [0.2, 0.25) is 0 Å². The van der Waals surface area contributed by atoms with E-state index in [9.17, 15) is 17.6 Å². The average molecular weight is 307 g/mol. The molecule has 0 bridgehead atoms. The highest BCUT2D eigenvalue weighted by molar-refractivity contribution is 5.24. The van der Waals surface area contributed by atoms with Crippen molar-refractivity contribution >= 4 is 0 Å². The molecule has 1 atom stereocenters. The first-order valence-electron chi connectivity index (χ1n) is 6.69. The molecule has 1 aromatic heterocycles. The Balaban J connectivity index is 1.97. The zero-order chi connectivity index (χ0) is 15.5. The highest BCUT2D eigenvalue weighted by atomic mass is 19.3. The number of aryl methyl sites for hydroxylation is 1. The molecule has 118 valence electrons. The molecule has 1 N–H and O–H groups in total. The molecule has 1 unspecified atom stereocenters. The van der Waals surface area contributed by atoms with Gasteiger partial charge < -0.3 is 10.1 Å². The Morgan fingerprint density at radius 2 is 2.24 bits per heavy atom. The molecule has 0 saturated heterocycles. The van der Waals surface area contributed by atoms with Gasteiger partial charge in [0.1, 0.15) is 13.2 Å². The summed E-state index contributed by atoms with van der Waals surface area (Å²) in [5.74, 6) is -3.92. The molecule has 0 spiro atoms. The summed E-state index contributed by atoms with van der Waals surface area (Å²) in [7, 11) is 1.85. The van der Waals surface area contributed by atoms with Gasteiger partial charge in [0, 0.05) is 23.5 Å². The van der Waals surface area contributed by atoms with E-state index >= 15 is 0 Å². The van der Waals surface area contributed by atoms with Crippen LogP contribution >= 0.6 is 0 Å². The third-order valence-corrected chi connectivity index (χ3v) is 3.43. The molecular formula is C13H17F4N3O. The summed E-state index contributed by atoms with van der Waals surface area (Å²) in [4.78, 5) is 8.31. The van der Waals surface area contributed by atoms with Gasteiger partial charge >= 0.3 is 12.3 Å². The molecule has 0 fully saturated rings. The summed E-state index contributed by atoms with van der Waals surface area (Å²) < 4.78 is 54.0. The van der Waals surface area contributed by atoms with Gasteiger partial charge in [-0.25, -0.2) is 18.7 Å². The van der Waals surface area contributed by atoms with Crippen molar-refractivity contribution in [2.24, 2.45) is 0 Å². The SMILES string of the molecule is CNC1CCCc2nc(COCC(F)(F)C(F)F)ncc21. The van der Waals surface area contributed by atoms with Crippen LogP contribution in [0.15, 0.2) is 6.20 Å². The maximum atomic E-state index is 12.7. The largest absolute Gasteiger partial charge is 0.367 e. The Morgan fingerprint density at radius 1 is 1.48 bits per heavy atom. The van der Waals surface area contributed by atoms with Gasteiger partial charge in [-0.15, -0.1) is 0 Å². The first kappa shape index (κ1) is 16.1. The van der Waals surface area contributed by atoms with E-state index in [0.29, 0.717) is 0 Å². The van der Waals surface area contributed by atoms with Gasteiger partial charge in [0.05, 0.1) is 0 Å². The van der Waals surface area contributed by atoms with E-state index in [2.05, 4.69) is 20.0 Å². The molecule has 0 saturated carbocycles. The van der Waals surface area contributed by atoms with Crippen LogP contribution in [-0.4, -0.2) is 36.0 Å². The van der Waals surface area contributed by atoms with Crippen molar-refractivity contribution in [2.45, 2.75) is 44.3 Å². The van der Waals surface area contributed by atoms with Gasteiger partial charge in [-0.1, -0.05) is 0 Å². The number of hydrogen-bond acceptors (Lipinski definition) is 4. The second kappa shape index (κ2) is 6.65. The van der Waals surface area contributed by atoms with Crippen molar-refractivity contribution < 1.29 is 22.3 Å². The van der Waals surface area contributed by atoms with Crippen molar-refractivity contribution in [1.82, 2.24) is 15.3 Å². The number of halogens is 4. The lowest BCUT2D eigenvalue weighted by Gasteiger charge is -2.24. The Kier molecular flexibility index (Phi) is 5.10.